The molecule has 0 spiro atoms. The molecule has 1 aromatic carbocycles. The minimum Gasteiger partial charge on any atom is -0.490 e. The zero-order chi connectivity index (χ0) is 13.1. The first-order valence-electron chi connectivity index (χ1n) is 6.77. The van der Waals surface area contributed by atoms with Gasteiger partial charge in [-0.1, -0.05) is 5.16 Å². The van der Waals surface area contributed by atoms with Crippen LogP contribution in [0.4, 0.5) is 0 Å². The van der Waals surface area contributed by atoms with Gasteiger partial charge in [-0.3, -0.25) is 0 Å². The van der Waals surface area contributed by atoms with Crippen molar-refractivity contribution in [2.75, 3.05) is 0 Å². The van der Waals surface area contributed by atoms with Crippen molar-refractivity contribution >= 4 is 0 Å². The van der Waals surface area contributed by atoms with Gasteiger partial charge >= 0.3 is 0 Å². The summed E-state index contributed by atoms with van der Waals surface area (Å²) in [5, 5.41) is 3.79. The summed E-state index contributed by atoms with van der Waals surface area (Å²) < 4.78 is 11.2. The summed E-state index contributed by atoms with van der Waals surface area (Å²) in [4.78, 5) is 0. The number of aromatic nitrogens is 1. The van der Waals surface area contributed by atoms with Crippen molar-refractivity contribution in [2.45, 2.75) is 38.3 Å². The molecular formula is C15H18N2O2. The quantitative estimate of drug-likeness (QED) is 0.915. The van der Waals surface area contributed by atoms with Crippen LogP contribution in [0.25, 0.3) is 11.3 Å². The molecule has 0 amide bonds. The third-order valence-electron chi connectivity index (χ3n) is 3.59. The lowest BCUT2D eigenvalue weighted by Gasteiger charge is -2.13. The first-order chi connectivity index (χ1) is 9.36. The van der Waals surface area contributed by atoms with Gasteiger partial charge in [0.15, 0.2) is 5.76 Å². The summed E-state index contributed by atoms with van der Waals surface area (Å²) in [5.74, 6) is 1.67. The summed E-state index contributed by atoms with van der Waals surface area (Å²) >= 11 is 0. The van der Waals surface area contributed by atoms with Crippen LogP contribution in [0, 0.1) is 0 Å². The Labute approximate surface area is 112 Å². The maximum Gasteiger partial charge on any atom is 0.171 e. The van der Waals surface area contributed by atoms with Crippen molar-refractivity contribution in [1.29, 1.82) is 0 Å². The van der Waals surface area contributed by atoms with Crippen LogP contribution in [0.2, 0.25) is 0 Å². The van der Waals surface area contributed by atoms with Crippen LogP contribution < -0.4 is 10.5 Å². The van der Waals surface area contributed by atoms with Crippen molar-refractivity contribution in [1.82, 2.24) is 5.16 Å². The molecule has 100 valence electrons. The SMILES string of the molecule is NCc1cnoc1-c1ccc(OC2CCCC2)cc1. The highest BCUT2D eigenvalue weighted by molar-refractivity contribution is 5.61. The first-order valence-corrected chi connectivity index (χ1v) is 6.77. The summed E-state index contributed by atoms with van der Waals surface area (Å²) in [7, 11) is 0. The lowest BCUT2D eigenvalue weighted by atomic mass is 10.1. The third kappa shape index (κ3) is 2.63. The second kappa shape index (κ2) is 5.45. The van der Waals surface area contributed by atoms with Crippen molar-refractivity contribution in [3.63, 3.8) is 0 Å². The third-order valence-corrected chi connectivity index (χ3v) is 3.59. The van der Waals surface area contributed by atoms with Gasteiger partial charge in [-0.2, -0.15) is 0 Å². The van der Waals surface area contributed by atoms with Gasteiger partial charge in [0.1, 0.15) is 5.75 Å². The predicted octanol–water partition coefficient (Wildman–Crippen LogP) is 3.12. The van der Waals surface area contributed by atoms with Gasteiger partial charge in [-0.25, -0.2) is 0 Å². The molecule has 3 rings (SSSR count). The fourth-order valence-electron chi connectivity index (χ4n) is 2.53. The topological polar surface area (TPSA) is 61.3 Å². The fourth-order valence-corrected chi connectivity index (χ4v) is 2.53. The van der Waals surface area contributed by atoms with Gasteiger partial charge < -0.3 is 15.0 Å². The molecule has 1 aliphatic rings. The lowest BCUT2D eigenvalue weighted by Crippen LogP contribution is -2.10. The average Bonchev–Trinajstić information content (AvgIpc) is 3.10. The number of rotatable bonds is 4. The standard InChI is InChI=1S/C15H18N2O2/c16-9-12-10-17-19-15(12)11-5-7-14(8-6-11)18-13-3-1-2-4-13/h5-8,10,13H,1-4,9,16H2. The Morgan fingerprint density at radius 2 is 1.95 bits per heavy atom. The molecule has 1 aliphatic carbocycles. The highest BCUT2D eigenvalue weighted by Gasteiger charge is 2.16. The van der Waals surface area contributed by atoms with E-state index in [0.717, 1.165) is 22.6 Å². The number of nitrogens with zero attached hydrogens (tertiary/aromatic N) is 1. The molecule has 0 radical (unpaired) electrons. The Kier molecular flexibility index (Phi) is 3.51. The van der Waals surface area contributed by atoms with E-state index in [0.29, 0.717) is 12.6 Å². The number of nitrogens with two attached hydrogens (primary N) is 1. The van der Waals surface area contributed by atoms with Gasteiger partial charge in [0.05, 0.1) is 12.3 Å². The van der Waals surface area contributed by atoms with Crippen molar-refractivity contribution in [3.05, 3.63) is 36.0 Å². The Bertz CT molecular complexity index is 527. The van der Waals surface area contributed by atoms with Crippen LogP contribution in [-0.4, -0.2) is 11.3 Å². The largest absolute Gasteiger partial charge is 0.490 e. The van der Waals surface area contributed by atoms with Gasteiger partial charge in [0, 0.05) is 17.7 Å². The molecule has 2 aromatic rings. The van der Waals surface area contributed by atoms with E-state index in [1.54, 1.807) is 6.20 Å². The average molecular weight is 258 g/mol. The van der Waals surface area contributed by atoms with E-state index in [9.17, 15) is 0 Å². The van der Waals surface area contributed by atoms with E-state index in [1.807, 2.05) is 24.3 Å². The monoisotopic (exact) mass is 258 g/mol. The molecule has 1 heterocycles. The van der Waals surface area contributed by atoms with Gasteiger partial charge in [0.25, 0.3) is 0 Å². The van der Waals surface area contributed by atoms with Crippen LogP contribution in [0.3, 0.4) is 0 Å². The van der Waals surface area contributed by atoms with Crippen LogP contribution in [0.1, 0.15) is 31.2 Å². The van der Waals surface area contributed by atoms with Gasteiger partial charge in [-0.05, 0) is 49.9 Å². The molecule has 0 aliphatic heterocycles. The Balaban J connectivity index is 1.75. The summed E-state index contributed by atoms with van der Waals surface area (Å²) in [5.41, 5.74) is 7.55. The van der Waals surface area contributed by atoms with E-state index in [-0.39, 0.29) is 0 Å². The zero-order valence-electron chi connectivity index (χ0n) is 10.8. The first kappa shape index (κ1) is 12.2. The van der Waals surface area contributed by atoms with Crippen molar-refractivity contribution in [2.24, 2.45) is 5.73 Å². The summed E-state index contributed by atoms with van der Waals surface area (Å²) in [6.07, 6.45) is 6.94. The summed E-state index contributed by atoms with van der Waals surface area (Å²) in [6.45, 7) is 0.430. The Morgan fingerprint density at radius 3 is 2.63 bits per heavy atom. The number of hydrogen-bond acceptors (Lipinski definition) is 4. The smallest absolute Gasteiger partial charge is 0.171 e. The van der Waals surface area contributed by atoms with E-state index in [4.69, 9.17) is 15.0 Å². The molecule has 1 aromatic heterocycles. The summed E-state index contributed by atoms with van der Waals surface area (Å²) in [6, 6.07) is 7.95. The van der Waals surface area contributed by atoms with Crippen molar-refractivity contribution < 1.29 is 9.26 Å². The van der Waals surface area contributed by atoms with E-state index < -0.39 is 0 Å². The predicted molar refractivity (Wildman–Crippen MR) is 72.7 cm³/mol. The Morgan fingerprint density at radius 1 is 1.21 bits per heavy atom. The van der Waals surface area contributed by atoms with E-state index in [1.165, 1.54) is 25.7 Å². The second-order valence-corrected chi connectivity index (χ2v) is 4.93. The molecule has 0 bridgehead atoms. The van der Waals surface area contributed by atoms with Crippen molar-refractivity contribution in [3.8, 4) is 17.1 Å². The maximum absolute atomic E-state index is 5.93. The number of ether oxygens (including phenoxy) is 1. The molecule has 19 heavy (non-hydrogen) atoms. The normalized spacial score (nSPS) is 15.8. The van der Waals surface area contributed by atoms with Crippen LogP contribution in [0.5, 0.6) is 5.75 Å². The molecule has 4 heteroatoms. The van der Waals surface area contributed by atoms with Crippen LogP contribution >= 0.6 is 0 Å². The van der Waals surface area contributed by atoms with Crippen LogP contribution in [0.15, 0.2) is 35.0 Å². The minimum absolute atomic E-state index is 0.385. The molecule has 2 N–H and O–H groups in total. The molecule has 0 atom stereocenters. The molecule has 0 saturated heterocycles. The molecule has 1 fully saturated rings. The number of benzene rings is 1. The maximum atomic E-state index is 5.93. The zero-order valence-corrected chi connectivity index (χ0v) is 10.8. The fraction of sp³-hybridized carbons (Fsp3) is 0.400. The highest BCUT2D eigenvalue weighted by Crippen LogP contribution is 2.28. The van der Waals surface area contributed by atoms with Crippen LogP contribution in [-0.2, 0) is 6.54 Å². The lowest BCUT2D eigenvalue weighted by molar-refractivity contribution is 0.210. The second-order valence-electron chi connectivity index (χ2n) is 4.93. The van der Waals surface area contributed by atoms with Gasteiger partial charge in [0.2, 0.25) is 0 Å². The molecular weight excluding hydrogens is 240 g/mol. The Hall–Kier alpha value is -1.81. The molecule has 0 unspecified atom stereocenters. The molecule has 1 saturated carbocycles. The number of hydrogen-bond donors (Lipinski definition) is 1. The van der Waals surface area contributed by atoms with Gasteiger partial charge in [-0.15, -0.1) is 0 Å². The minimum atomic E-state index is 0.385. The van der Waals surface area contributed by atoms with E-state index >= 15 is 0 Å². The molecule has 4 nitrogen and oxygen atoms in total. The van der Waals surface area contributed by atoms with E-state index in [2.05, 4.69) is 5.16 Å². The highest BCUT2D eigenvalue weighted by atomic mass is 16.5.